The highest BCUT2D eigenvalue weighted by Gasteiger charge is 2.53. The monoisotopic (exact) mass is 126 g/mol. The first kappa shape index (κ1) is 5.69. The van der Waals surface area contributed by atoms with Crippen LogP contribution in [0.15, 0.2) is 0 Å². The second-order valence-corrected chi connectivity index (χ2v) is 3.44. The summed E-state index contributed by atoms with van der Waals surface area (Å²) in [6.45, 7) is 2.51. The summed E-state index contributed by atoms with van der Waals surface area (Å²) in [6.07, 6.45) is 0. The van der Waals surface area contributed by atoms with E-state index in [1.165, 1.54) is 13.1 Å². The third-order valence-electron chi connectivity index (χ3n) is 2.64. The molecule has 1 aliphatic carbocycles. The van der Waals surface area contributed by atoms with Crippen LogP contribution >= 0.6 is 0 Å². The fourth-order valence-corrected chi connectivity index (χ4v) is 2.15. The highest BCUT2D eigenvalue weighted by molar-refractivity contribution is 5.08. The fourth-order valence-electron chi connectivity index (χ4n) is 2.15. The Hall–Kier alpha value is -0.0800. The van der Waals surface area contributed by atoms with Gasteiger partial charge >= 0.3 is 0 Å². The molecule has 0 aromatic rings. The van der Waals surface area contributed by atoms with Gasteiger partial charge in [0.25, 0.3) is 0 Å². The molecule has 1 saturated heterocycles. The molecular weight excluding hydrogens is 112 g/mol. The van der Waals surface area contributed by atoms with Crippen molar-refractivity contribution in [1.29, 1.82) is 0 Å². The van der Waals surface area contributed by atoms with Crippen LogP contribution in [0.3, 0.4) is 0 Å². The molecule has 0 aromatic heterocycles. The fraction of sp³-hybridized carbons (Fsp3) is 1.00. The van der Waals surface area contributed by atoms with Gasteiger partial charge < -0.3 is 10.2 Å². The Balaban J connectivity index is 1.94. The van der Waals surface area contributed by atoms with Gasteiger partial charge in [-0.1, -0.05) is 0 Å². The van der Waals surface area contributed by atoms with E-state index in [1.807, 2.05) is 0 Å². The van der Waals surface area contributed by atoms with Crippen molar-refractivity contribution < 1.29 is 0 Å². The highest BCUT2D eigenvalue weighted by Crippen LogP contribution is 2.44. The summed E-state index contributed by atoms with van der Waals surface area (Å²) in [4.78, 5) is 2.36. The van der Waals surface area contributed by atoms with Crippen LogP contribution in [-0.4, -0.2) is 38.1 Å². The molecule has 1 saturated carbocycles. The van der Waals surface area contributed by atoms with Crippen LogP contribution in [0.5, 0.6) is 0 Å². The van der Waals surface area contributed by atoms with Crippen LogP contribution in [0.2, 0.25) is 0 Å². The first-order valence-electron chi connectivity index (χ1n) is 3.68. The van der Waals surface area contributed by atoms with Crippen molar-refractivity contribution in [3.8, 4) is 0 Å². The van der Waals surface area contributed by atoms with Gasteiger partial charge in [-0.3, -0.25) is 0 Å². The molecule has 2 fully saturated rings. The van der Waals surface area contributed by atoms with Gasteiger partial charge in [0.1, 0.15) is 0 Å². The average Bonchev–Trinajstić information content (AvgIpc) is 2.30. The first-order chi connectivity index (χ1) is 4.30. The third-order valence-corrected chi connectivity index (χ3v) is 2.64. The molecule has 0 spiro atoms. The Morgan fingerprint density at radius 2 is 1.78 bits per heavy atom. The van der Waals surface area contributed by atoms with Crippen molar-refractivity contribution >= 4 is 0 Å². The quantitative estimate of drug-likeness (QED) is 0.522. The van der Waals surface area contributed by atoms with Crippen molar-refractivity contribution in [2.24, 2.45) is 11.8 Å². The third kappa shape index (κ3) is 0.700. The summed E-state index contributed by atoms with van der Waals surface area (Å²) < 4.78 is 0. The van der Waals surface area contributed by atoms with E-state index in [0.717, 1.165) is 17.9 Å². The number of piperidine rings is 1. The highest BCUT2D eigenvalue weighted by atomic mass is 15.2. The summed E-state index contributed by atoms with van der Waals surface area (Å²) in [5.74, 6) is 1.97. The number of hydrogen-bond donors (Lipinski definition) is 1. The van der Waals surface area contributed by atoms with Crippen LogP contribution in [0.25, 0.3) is 0 Å². The van der Waals surface area contributed by atoms with E-state index in [-0.39, 0.29) is 0 Å². The smallest absolute Gasteiger partial charge is 0.0177 e. The standard InChI is InChI=1S/C7H14N2/c1-9(2)7-5-3-8-4-6(5)7/h5-8H,3-4H2,1-2H3/t5-,6?,7?/m0/s1. The molecule has 2 heteroatoms. The number of rotatable bonds is 1. The van der Waals surface area contributed by atoms with Gasteiger partial charge in [0, 0.05) is 6.04 Å². The summed E-state index contributed by atoms with van der Waals surface area (Å²) >= 11 is 0. The van der Waals surface area contributed by atoms with E-state index in [9.17, 15) is 0 Å². The topological polar surface area (TPSA) is 15.3 Å². The Morgan fingerprint density at radius 3 is 2.11 bits per heavy atom. The zero-order valence-electron chi connectivity index (χ0n) is 6.09. The van der Waals surface area contributed by atoms with Crippen LogP contribution in [0.1, 0.15) is 0 Å². The molecule has 0 aromatic carbocycles. The SMILES string of the molecule is CN(C)C1C2CNC[C@@H]21. The van der Waals surface area contributed by atoms with E-state index >= 15 is 0 Å². The maximum atomic E-state index is 3.38. The van der Waals surface area contributed by atoms with Gasteiger partial charge in [0.2, 0.25) is 0 Å². The van der Waals surface area contributed by atoms with Crippen LogP contribution in [0.4, 0.5) is 0 Å². The summed E-state index contributed by atoms with van der Waals surface area (Å²) in [7, 11) is 4.37. The second kappa shape index (κ2) is 1.70. The van der Waals surface area contributed by atoms with Gasteiger partial charge in [0.05, 0.1) is 0 Å². The molecule has 0 amide bonds. The van der Waals surface area contributed by atoms with Gasteiger partial charge in [0.15, 0.2) is 0 Å². The van der Waals surface area contributed by atoms with E-state index in [1.54, 1.807) is 0 Å². The zero-order chi connectivity index (χ0) is 6.43. The van der Waals surface area contributed by atoms with Crippen molar-refractivity contribution in [3.05, 3.63) is 0 Å². The Bertz CT molecular complexity index is 112. The molecule has 3 atom stereocenters. The van der Waals surface area contributed by atoms with Gasteiger partial charge in [-0.2, -0.15) is 0 Å². The Morgan fingerprint density at radius 1 is 1.22 bits per heavy atom. The predicted octanol–water partition coefficient (Wildman–Crippen LogP) is -0.234. The molecule has 52 valence electrons. The van der Waals surface area contributed by atoms with E-state index in [0.29, 0.717) is 0 Å². The molecule has 9 heavy (non-hydrogen) atoms. The van der Waals surface area contributed by atoms with Crippen LogP contribution < -0.4 is 5.32 Å². The van der Waals surface area contributed by atoms with E-state index < -0.39 is 0 Å². The predicted molar refractivity (Wildman–Crippen MR) is 37.3 cm³/mol. The summed E-state index contributed by atoms with van der Waals surface area (Å²) in [5, 5.41) is 3.38. The molecule has 0 radical (unpaired) electrons. The minimum Gasteiger partial charge on any atom is -0.316 e. The maximum absolute atomic E-state index is 3.38. The summed E-state index contributed by atoms with van der Waals surface area (Å²) in [6, 6.07) is 0.909. The number of nitrogens with one attached hydrogen (secondary N) is 1. The van der Waals surface area contributed by atoms with Crippen molar-refractivity contribution in [3.63, 3.8) is 0 Å². The Labute approximate surface area is 56.2 Å². The Kier molecular flexibility index (Phi) is 1.08. The lowest BCUT2D eigenvalue weighted by Gasteiger charge is -2.11. The zero-order valence-corrected chi connectivity index (χ0v) is 6.09. The number of fused-ring (bicyclic) bond motifs is 1. The van der Waals surface area contributed by atoms with Gasteiger partial charge in [-0.25, -0.2) is 0 Å². The molecule has 1 aliphatic heterocycles. The van der Waals surface area contributed by atoms with Crippen LogP contribution in [0, 0.1) is 11.8 Å². The lowest BCUT2D eigenvalue weighted by Crippen LogP contribution is -2.26. The largest absolute Gasteiger partial charge is 0.316 e. The average molecular weight is 126 g/mol. The molecule has 2 unspecified atom stereocenters. The minimum absolute atomic E-state index is 0.909. The molecule has 2 nitrogen and oxygen atoms in total. The summed E-state index contributed by atoms with van der Waals surface area (Å²) in [5.41, 5.74) is 0. The first-order valence-corrected chi connectivity index (χ1v) is 3.68. The molecule has 1 N–H and O–H groups in total. The minimum atomic E-state index is 0.909. The van der Waals surface area contributed by atoms with Gasteiger partial charge in [-0.15, -0.1) is 0 Å². The lowest BCUT2D eigenvalue weighted by molar-refractivity contribution is 0.350. The molecule has 1 heterocycles. The second-order valence-electron chi connectivity index (χ2n) is 3.44. The normalized spacial score (nSPS) is 47.7. The molecular formula is C7H14N2. The van der Waals surface area contributed by atoms with Gasteiger partial charge in [-0.05, 0) is 39.0 Å². The molecule has 2 rings (SSSR count). The number of hydrogen-bond acceptors (Lipinski definition) is 2. The van der Waals surface area contributed by atoms with Crippen molar-refractivity contribution in [2.45, 2.75) is 6.04 Å². The van der Waals surface area contributed by atoms with Crippen molar-refractivity contribution in [1.82, 2.24) is 10.2 Å². The number of nitrogens with zero attached hydrogens (tertiary/aromatic N) is 1. The molecule has 0 bridgehead atoms. The van der Waals surface area contributed by atoms with Crippen molar-refractivity contribution in [2.75, 3.05) is 27.2 Å². The molecule has 2 aliphatic rings. The van der Waals surface area contributed by atoms with E-state index in [2.05, 4.69) is 24.3 Å². The lowest BCUT2D eigenvalue weighted by atomic mass is 10.4. The van der Waals surface area contributed by atoms with Crippen LogP contribution in [-0.2, 0) is 0 Å². The maximum Gasteiger partial charge on any atom is 0.0177 e. The van der Waals surface area contributed by atoms with E-state index in [4.69, 9.17) is 0 Å².